The molecule has 1 unspecified atom stereocenters. The fraction of sp³-hybridized carbons (Fsp3) is 0.933. The number of thioether (sulfide) groups is 1. The molecule has 0 saturated heterocycles. The average molecular weight is 284 g/mol. The Hall–Kier alpha value is -0.220. The van der Waals surface area contributed by atoms with Gasteiger partial charge in [0.25, 0.3) is 0 Å². The molecular weight excluding hydrogens is 256 g/mol. The van der Waals surface area contributed by atoms with Gasteiger partial charge in [0.2, 0.25) is 5.91 Å². The molecule has 0 spiro atoms. The molecule has 2 fully saturated rings. The highest BCUT2D eigenvalue weighted by Gasteiger charge is 2.36. The summed E-state index contributed by atoms with van der Waals surface area (Å²) in [5.41, 5.74) is 5.06. The van der Waals surface area contributed by atoms with Crippen LogP contribution >= 0.6 is 11.8 Å². The number of carbonyl (C=O) groups is 1. The van der Waals surface area contributed by atoms with Crippen molar-refractivity contribution in [3.63, 3.8) is 0 Å². The van der Waals surface area contributed by atoms with Gasteiger partial charge in [-0.2, -0.15) is 11.8 Å². The molecule has 2 saturated carbocycles. The Morgan fingerprint density at radius 1 is 1.32 bits per heavy atom. The Kier molecular flexibility index (Phi) is 5.58. The van der Waals surface area contributed by atoms with E-state index in [1.54, 1.807) is 0 Å². The van der Waals surface area contributed by atoms with Crippen LogP contribution in [0.2, 0.25) is 0 Å². The second kappa shape index (κ2) is 6.98. The van der Waals surface area contributed by atoms with Crippen LogP contribution in [-0.2, 0) is 4.79 Å². The SMILES string of the molecule is CC(CCCSCC1CCCC1)(NC1CC1)C(N)=O. The molecule has 0 aromatic rings. The van der Waals surface area contributed by atoms with Crippen molar-refractivity contribution in [3.8, 4) is 0 Å². The number of hydrogen-bond acceptors (Lipinski definition) is 3. The predicted octanol–water partition coefficient (Wildman–Crippen LogP) is 2.69. The summed E-state index contributed by atoms with van der Waals surface area (Å²) in [5, 5.41) is 3.41. The Bertz CT molecular complexity index is 301. The zero-order chi connectivity index (χ0) is 13.7. The highest BCUT2D eigenvalue weighted by molar-refractivity contribution is 7.99. The van der Waals surface area contributed by atoms with E-state index in [0.29, 0.717) is 6.04 Å². The molecule has 3 nitrogen and oxygen atoms in total. The molecule has 4 heteroatoms. The second-order valence-electron chi connectivity index (χ2n) is 6.44. The normalized spacial score (nSPS) is 23.4. The van der Waals surface area contributed by atoms with Crippen LogP contribution in [0.15, 0.2) is 0 Å². The zero-order valence-electron chi connectivity index (χ0n) is 12.1. The third-order valence-electron chi connectivity index (χ3n) is 4.44. The molecule has 1 atom stereocenters. The minimum atomic E-state index is -0.491. The zero-order valence-corrected chi connectivity index (χ0v) is 12.9. The predicted molar refractivity (Wildman–Crippen MR) is 82.3 cm³/mol. The molecule has 0 aliphatic heterocycles. The highest BCUT2D eigenvalue weighted by Crippen LogP contribution is 2.29. The summed E-state index contributed by atoms with van der Waals surface area (Å²) >= 11 is 2.06. The standard InChI is InChI=1S/C15H28N2OS/c1-15(14(16)18,17-13-7-8-13)9-4-10-19-11-12-5-2-3-6-12/h12-13,17H,2-11H2,1H3,(H2,16,18). The van der Waals surface area contributed by atoms with Crippen molar-refractivity contribution in [1.29, 1.82) is 0 Å². The molecule has 0 bridgehead atoms. The summed E-state index contributed by atoms with van der Waals surface area (Å²) in [4.78, 5) is 11.6. The summed E-state index contributed by atoms with van der Waals surface area (Å²) in [7, 11) is 0. The first-order chi connectivity index (χ1) is 9.10. The van der Waals surface area contributed by atoms with Crippen LogP contribution in [0, 0.1) is 5.92 Å². The quantitative estimate of drug-likeness (QED) is 0.640. The van der Waals surface area contributed by atoms with E-state index in [0.717, 1.165) is 24.5 Å². The van der Waals surface area contributed by atoms with Crippen molar-refractivity contribution < 1.29 is 4.79 Å². The number of rotatable bonds is 9. The number of amides is 1. The van der Waals surface area contributed by atoms with Crippen LogP contribution < -0.4 is 11.1 Å². The van der Waals surface area contributed by atoms with Crippen LogP contribution in [-0.4, -0.2) is 29.0 Å². The lowest BCUT2D eigenvalue weighted by molar-refractivity contribution is -0.124. The van der Waals surface area contributed by atoms with Gasteiger partial charge >= 0.3 is 0 Å². The number of hydrogen-bond donors (Lipinski definition) is 2. The van der Waals surface area contributed by atoms with E-state index in [1.165, 1.54) is 44.3 Å². The molecule has 0 aromatic carbocycles. The molecule has 3 N–H and O–H groups in total. The van der Waals surface area contributed by atoms with Gasteiger partial charge in [0.1, 0.15) is 0 Å². The second-order valence-corrected chi connectivity index (χ2v) is 7.59. The topological polar surface area (TPSA) is 55.1 Å². The molecular formula is C15H28N2OS. The van der Waals surface area contributed by atoms with Crippen LogP contribution in [0.3, 0.4) is 0 Å². The van der Waals surface area contributed by atoms with Gasteiger partial charge in [0.05, 0.1) is 5.54 Å². The Labute approximate surface area is 121 Å². The number of nitrogens with two attached hydrogens (primary N) is 1. The number of primary amides is 1. The van der Waals surface area contributed by atoms with Gasteiger partial charge < -0.3 is 11.1 Å². The molecule has 0 radical (unpaired) electrons. The summed E-state index contributed by atoms with van der Waals surface area (Å²) in [5.74, 6) is 3.23. The summed E-state index contributed by atoms with van der Waals surface area (Å²) in [6.07, 6.45) is 10.0. The Morgan fingerprint density at radius 2 is 2.00 bits per heavy atom. The summed E-state index contributed by atoms with van der Waals surface area (Å²) in [6, 6.07) is 0.531. The maximum atomic E-state index is 11.6. The van der Waals surface area contributed by atoms with E-state index in [9.17, 15) is 4.79 Å². The van der Waals surface area contributed by atoms with Crippen molar-refractivity contribution in [1.82, 2.24) is 5.32 Å². The molecule has 2 aliphatic rings. The lowest BCUT2D eigenvalue weighted by Crippen LogP contribution is -2.54. The van der Waals surface area contributed by atoms with Crippen molar-refractivity contribution in [2.45, 2.75) is 69.9 Å². The molecule has 0 heterocycles. The van der Waals surface area contributed by atoms with Crippen molar-refractivity contribution in [3.05, 3.63) is 0 Å². The van der Waals surface area contributed by atoms with Gasteiger partial charge in [-0.05, 0) is 62.9 Å². The lowest BCUT2D eigenvalue weighted by atomic mass is 9.95. The van der Waals surface area contributed by atoms with E-state index in [4.69, 9.17) is 5.73 Å². The smallest absolute Gasteiger partial charge is 0.237 e. The number of nitrogens with one attached hydrogen (secondary N) is 1. The minimum absolute atomic E-state index is 0.194. The van der Waals surface area contributed by atoms with E-state index in [1.807, 2.05) is 6.92 Å². The van der Waals surface area contributed by atoms with Gasteiger partial charge in [0.15, 0.2) is 0 Å². The lowest BCUT2D eigenvalue weighted by Gasteiger charge is -2.27. The average Bonchev–Trinajstić information content (AvgIpc) is 3.02. The largest absolute Gasteiger partial charge is 0.368 e. The minimum Gasteiger partial charge on any atom is -0.368 e. The first kappa shape index (κ1) is 15.2. The molecule has 2 rings (SSSR count). The molecule has 1 amide bonds. The summed E-state index contributed by atoms with van der Waals surface area (Å²) < 4.78 is 0. The fourth-order valence-electron chi connectivity index (χ4n) is 2.90. The van der Waals surface area contributed by atoms with E-state index >= 15 is 0 Å². The fourth-order valence-corrected chi connectivity index (χ4v) is 4.08. The molecule has 19 heavy (non-hydrogen) atoms. The third-order valence-corrected chi connectivity index (χ3v) is 5.72. The monoisotopic (exact) mass is 284 g/mol. The van der Waals surface area contributed by atoms with Crippen LogP contribution in [0.5, 0.6) is 0 Å². The maximum Gasteiger partial charge on any atom is 0.237 e. The Balaban J connectivity index is 1.60. The van der Waals surface area contributed by atoms with Gasteiger partial charge in [-0.25, -0.2) is 0 Å². The van der Waals surface area contributed by atoms with E-state index < -0.39 is 5.54 Å². The summed E-state index contributed by atoms with van der Waals surface area (Å²) in [6.45, 7) is 1.97. The van der Waals surface area contributed by atoms with Crippen molar-refractivity contribution >= 4 is 17.7 Å². The Morgan fingerprint density at radius 3 is 2.58 bits per heavy atom. The van der Waals surface area contributed by atoms with E-state index in [-0.39, 0.29) is 5.91 Å². The van der Waals surface area contributed by atoms with Gasteiger partial charge in [-0.15, -0.1) is 0 Å². The first-order valence-corrected chi connectivity index (χ1v) is 8.91. The first-order valence-electron chi connectivity index (χ1n) is 7.75. The van der Waals surface area contributed by atoms with Crippen LogP contribution in [0.25, 0.3) is 0 Å². The van der Waals surface area contributed by atoms with Crippen LogP contribution in [0.4, 0.5) is 0 Å². The van der Waals surface area contributed by atoms with Crippen molar-refractivity contribution in [2.75, 3.05) is 11.5 Å². The molecule has 0 aromatic heterocycles. The highest BCUT2D eigenvalue weighted by atomic mass is 32.2. The maximum absolute atomic E-state index is 11.6. The van der Waals surface area contributed by atoms with Gasteiger partial charge in [0, 0.05) is 6.04 Å². The third kappa shape index (κ3) is 4.99. The molecule has 2 aliphatic carbocycles. The van der Waals surface area contributed by atoms with Gasteiger partial charge in [-0.1, -0.05) is 12.8 Å². The number of carbonyl (C=O) groups excluding carboxylic acids is 1. The van der Waals surface area contributed by atoms with E-state index in [2.05, 4.69) is 17.1 Å². The van der Waals surface area contributed by atoms with Crippen LogP contribution in [0.1, 0.15) is 58.3 Å². The molecule has 110 valence electrons. The van der Waals surface area contributed by atoms with Crippen molar-refractivity contribution in [2.24, 2.45) is 11.7 Å². The van der Waals surface area contributed by atoms with Gasteiger partial charge in [-0.3, -0.25) is 4.79 Å².